The Hall–Kier alpha value is -0.770. The van der Waals surface area contributed by atoms with E-state index in [9.17, 15) is 0 Å². The Labute approximate surface area is 135 Å². The molecule has 3 nitrogen and oxygen atoms in total. The fourth-order valence-electron chi connectivity index (χ4n) is 2.96. The number of alkyl halides is 1. The van der Waals surface area contributed by atoms with Crippen LogP contribution in [0.15, 0.2) is 18.2 Å². The highest BCUT2D eigenvalue weighted by Crippen LogP contribution is 2.27. The smallest absolute Gasteiger partial charge is 0.127 e. The van der Waals surface area contributed by atoms with Crippen LogP contribution in [0.4, 0.5) is 0 Å². The Morgan fingerprint density at radius 1 is 1.43 bits per heavy atom. The number of halogens is 2. The molecule has 21 heavy (non-hydrogen) atoms. The van der Waals surface area contributed by atoms with E-state index >= 15 is 0 Å². The highest BCUT2D eigenvalue weighted by molar-refractivity contribution is 6.31. The summed E-state index contributed by atoms with van der Waals surface area (Å²) >= 11 is 12.4. The van der Waals surface area contributed by atoms with Gasteiger partial charge in [-0.1, -0.05) is 11.6 Å². The number of rotatable bonds is 4. The molecule has 1 aromatic carbocycles. The molecule has 3 rings (SSSR count). The molecule has 0 aliphatic carbocycles. The van der Waals surface area contributed by atoms with E-state index in [0.29, 0.717) is 6.10 Å². The zero-order valence-corrected chi connectivity index (χ0v) is 13.7. The van der Waals surface area contributed by atoms with Crippen LogP contribution in [0.3, 0.4) is 0 Å². The van der Waals surface area contributed by atoms with Crippen LogP contribution in [0.5, 0.6) is 0 Å². The molecule has 1 aliphatic heterocycles. The van der Waals surface area contributed by atoms with Crippen molar-refractivity contribution in [1.82, 2.24) is 9.55 Å². The number of fused-ring (bicyclic) bond motifs is 1. The Balaban J connectivity index is 1.87. The van der Waals surface area contributed by atoms with Crippen molar-refractivity contribution in [1.29, 1.82) is 0 Å². The van der Waals surface area contributed by atoms with Crippen LogP contribution in [-0.2, 0) is 11.3 Å². The van der Waals surface area contributed by atoms with Crippen molar-refractivity contribution in [2.75, 3.05) is 6.61 Å². The third-order valence-corrected chi connectivity index (χ3v) is 4.47. The van der Waals surface area contributed by atoms with Gasteiger partial charge in [-0.05, 0) is 50.8 Å². The van der Waals surface area contributed by atoms with Crippen molar-refractivity contribution in [3.8, 4) is 0 Å². The quantitative estimate of drug-likeness (QED) is 0.743. The summed E-state index contributed by atoms with van der Waals surface area (Å²) in [5.74, 6) is 0.907. The summed E-state index contributed by atoms with van der Waals surface area (Å²) in [5.41, 5.74) is 2.01. The number of aromatic nitrogens is 2. The van der Waals surface area contributed by atoms with E-state index in [1.807, 2.05) is 25.1 Å². The van der Waals surface area contributed by atoms with E-state index in [1.165, 1.54) is 12.8 Å². The second-order valence-corrected chi connectivity index (χ2v) is 6.74. The second kappa shape index (κ2) is 6.55. The largest absolute Gasteiger partial charge is 0.378 e. The number of benzene rings is 1. The molecule has 0 radical (unpaired) electrons. The third-order valence-electron chi connectivity index (χ3n) is 4.04. The van der Waals surface area contributed by atoms with Gasteiger partial charge in [0.15, 0.2) is 0 Å². The summed E-state index contributed by atoms with van der Waals surface area (Å²) < 4.78 is 8.01. The fourth-order valence-corrected chi connectivity index (χ4v) is 3.29. The van der Waals surface area contributed by atoms with Crippen LogP contribution in [0.1, 0.15) is 43.8 Å². The molecule has 5 heteroatoms. The third kappa shape index (κ3) is 3.36. The van der Waals surface area contributed by atoms with Crippen molar-refractivity contribution in [2.45, 2.75) is 50.6 Å². The van der Waals surface area contributed by atoms with Crippen LogP contribution in [0.2, 0.25) is 5.02 Å². The minimum atomic E-state index is -0.122. The minimum Gasteiger partial charge on any atom is -0.378 e. The van der Waals surface area contributed by atoms with Gasteiger partial charge >= 0.3 is 0 Å². The standard InChI is InChI=1S/C16H20Cl2N2O/c1-11(17)16-19-14-6-5-12(18)10-15(14)20(16)8-7-13-4-2-3-9-21-13/h5-6,10-11,13H,2-4,7-9H2,1H3. The maximum Gasteiger partial charge on any atom is 0.127 e. The van der Waals surface area contributed by atoms with E-state index in [1.54, 1.807) is 0 Å². The van der Waals surface area contributed by atoms with E-state index in [0.717, 1.165) is 47.9 Å². The minimum absolute atomic E-state index is 0.122. The molecule has 1 saturated heterocycles. The molecule has 2 heterocycles. The predicted molar refractivity (Wildman–Crippen MR) is 87.2 cm³/mol. The van der Waals surface area contributed by atoms with E-state index in [-0.39, 0.29) is 5.38 Å². The molecule has 1 aromatic heterocycles. The zero-order chi connectivity index (χ0) is 14.8. The van der Waals surface area contributed by atoms with Gasteiger partial charge < -0.3 is 9.30 Å². The lowest BCUT2D eigenvalue weighted by Crippen LogP contribution is -2.21. The Morgan fingerprint density at radius 2 is 2.29 bits per heavy atom. The van der Waals surface area contributed by atoms with Gasteiger partial charge in [0.1, 0.15) is 5.82 Å². The lowest BCUT2D eigenvalue weighted by atomic mass is 10.1. The zero-order valence-electron chi connectivity index (χ0n) is 12.2. The Bertz CT molecular complexity index is 618. The fraction of sp³-hybridized carbons (Fsp3) is 0.562. The number of hydrogen-bond donors (Lipinski definition) is 0. The molecule has 2 unspecified atom stereocenters. The van der Waals surface area contributed by atoms with Crippen LogP contribution < -0.4 is 0 Å². The molecule has 114 valence electrons. The van der Waals surface area contributed by atoms with Crippen molar-refractivity contribution in [3.63, 3.8) is 0 Å². The number of imidazole rings is 1. The van der Waals surface area contributed by atoms with Crippen molar-refractivity contribution < 1.29 is 4.74 Å². The summed E-state index contributed by atoms with van der Waals surface area (Å²) in [7, 11) is 0. The van der Waals surface area contributed by atoms with Crippen LogP contribution in [0.25, 0.3) is 11.0 Å². The Kier molecular flexibility index (Phi) is 4.72. The number of nitrogens with zero attached hydrogens (tertiary/aromatic N) is 2. The SMILES string of the molecule is CC(Cl)c1nc2ccc(Cl)cc2n1CCC1CCCCO1. The van der Waals surface area contributed by atoms with Gasteiger partial charge in [0.2, 0.25) is 0 Å². The highest BCUT2D eigenvalue weighted by atomic mass is 35.5. The number of ether oxygens (including phenoxy) is 1. The average Bonchev–Trinajstić information content (AvgIpc) is 2.84. The first-order valence-corrected chi connectivity index (χ1v) is 8.38. The second-order valence-electron chi connectivity index (χ2n) is 5.65. The van der Waals surface area contributed by atoms with Crippen molar-refractivity contribution >= 4 is 34.2 Å². The van der Waals surface area contributed by atoms with Gasteiger partial charge in [0.25, 0.3) is 0 Å². The van der Waals surface area contributed by atoms with Gasteiger partial charge in [-0.15, -0.1) is 11.6 Å². The monoisotopic (exact) mass is 326 g/mol. The summed E-state index contributed by atoms with van der Waals surface area (Å²) in [5, 5.41) is 0.606. The molecule has 1 aliphatic rings. The van der Waals surface area contributed by atoms with E-state index in [4.69, 9.17) is 27.9 Å². The Morgan fingerprint density at radius 3 is 3.00 bits per heavy atom. The number of aryl methyl sites for hydroxylation is 1. The van der Waals surface area contributed by atoms with Crippen LogP contribution in [-0.4, -0.2) is 22.3 Å². The first-order chi connectivity index (χ1) is 10.1. The van der Waals surface area contributed by atoms with Crippen LogP contribution >= 0.6 is 23.2 Å². The van der Waals surface area contributed by atoms with Gasteiger partial charge in [-0.2, -0.15) is 0 Å². The molecule has 0 N–H and O–H groups in total. The molecular formula is C16H20Cl2N2O. The molecule has 0 amide bonds. The summed E-state index contributed by atoms with van der Waals surface area (Å²) in [4.78, 5) is 4.65. The lowest BCUT2D eigenvalue weighted by molar-refractivity contribution is 0.00886. The van der Waals surface area contributed by atoms with Gasteiger partial charge in [0, 0.05) is 18.2 Å². The highest BCUT2D eigenvalue weighted by Gasteiger charge is 2.18. The number of hydrogen-bond acceptors (Lipinski definition) is 2. The predicted octanol–water partition coefficient (Wildman–Crippen LogP) is 4.95. The molecular weight excluding hydrogens is 307 g/mol. The maximum atomic E-state index is 6.29. The van der Waals surface area contributed by atoms with Gasteiger partial charge in [-0.3, -0.25) is 0 Å². The lowest BCUT2D eigenvalue weighted by Gasteiger charge is -2.23. The van der Waals surface area contributed by atoms with Gasteiger partial charge in [-0.25, -0.2) is 4.98 Å². The molecule has 2 atom stereocenters. The van der Waals surface area contributed by atoms with E-state index in [2.05, 4.69) is 9.55 Å². The molecule has 0 bridgehead atoms. The summed E-state index contributed by atoms with van der Waals surface area (Å²) in [6.07, 6.45) is 4.95. The average molecular weight is 327 g/mol. The maximum absolute atomic E-state index is 6.29. The van der Waals surface area contributed by atoms with Gasteiger partial charge in [0.05, 0.1) is 22.5 Å². The summed E-state index contributed by atoms with van der Waals surface area (Å²) in [6, 6.07) is 5.79. The molecule has 0 saturated carbocycles. The van der Waals surface area contributed by atoms with E-state index < -0.39 is 0 Å². The molecule has 0 spiro atoms. The summed E-state index contributed by atoms with van der Waals surface area (Å²) in [6.45, 7) is 3.71. The molecule has 2 aromatic rings. The normalized spacial score (nSPS) is 20.8. The van der Waals surface area contributed by atoms with Crippen molar-refractivity contribution in [3.05, 3.63) is 29.0 Å². The first kappa shape index (κ1) is 15.1. The molecule has 1 fully saturated rings. The first-order valence-electron chi connectivity index (χ1n) is 7.56. The van der Waals surface area contributed by atoms with Crippen LogP contribution in [0, 0.1) is 0 Å². The van der Waals surface area contributed by atoms with Crippen molar-refractivity contribution in [2.24, 2.45) is 0 Å². The topological polar surface area (TPSA) is 27.1 Å².